The van der Waals surface area contributed by atoms with E-state index in [1.54, 1.807) is 0 Å². The van der Waals surface area contributed by atoms with Crippen LogP contribution in [-0.2, 0) is 0 Å². The molecule has 1 N–H and O–H groups in total. The van der Waals surface area contributed by atoms with Crippen LogP contribution in [0.1, 0.15) is 5.56 Å². The van der Waals surface area contributed by atoms with E-state index in [4.69, 9.17) is 4.99 Å². The number of nitrogens with one attached hydrogen (secondary N) is 1. The van der Waals surface area contributed by atoms with Crippen LogP contribution >= 0.6 is 10.9 Å². The zero-order chi connectivity index (χ0) is 16.2. The Balaban J connectivity index is 1.75. The first kappa shape index (κ1) is 14.8. The lowest BCUT2D eigenvalue weighted by Gasteiger charge is -2.14. The van der Waals surface area contributed by atoms with Crippen molar-refractivity contribution in [3.8, 4) is 0 Å². The molecule has 118 valence electrons. The number of amidine groups is 1. The molecule has 0 saturated carbocycles. The molecule has 1 atom stereocenters. The van der Waals surface area contributed by atoms with Gasteiger partial charge in [-0.2, -0.15) is 0 Å². The highest BCUT2D eigenvalue weighted by Gasteiger charge is 2.21. The van der Waals surface area contributed by atoms with Gasteiger partial charge in [-0.05, 0) is 40.1 Å². The smallest absolute Gasteiger partial charge is 0.153 e. The van der Waals surface area contributed by atoms with Gasteiger partial charge in [0.2, 0.25) is 0 Å². The van der Waals surface area contributed by atoms with Crippen molar-refractivity contribution < 1.29 is 0 Å². The zero-order valence-electron chi connectivity index (χ0n) is 13.1. The quantitative estimate of drug-likeness (QED) is 0.623. The first-order valence-corrected chi connectivity index (χ1v) is 9.33. The molecule has 4 rings (SSSR count). The highest BCUT2D eigenvalue weighted by atomic mass is 32.2. The van der Waals surface area contributed by atoms with Crippen LogP contribution in [0.3, 0.4) is 0 Å². The Morgan fingerprint density at radius 1 is 0.667 bits per heavy atom. The topological polar surface area (TPSA) is 24.4 Å². The third kappa shape index (κ3) is 3.12. The van der Waals surface area contributed by atoms with Crippen molar-refractivity contribution in [3.05, 3.63) is 102 Å². The third-order valence-electron chi connectivity index (χ3n) is 3.84. The van der Waals surface area contributed by atoms with Gasteiger partial charge in [0, 0.05) is 0 Å². The number of benzene rings is 3. The van der Waals surface area contributed by atoms with Crippen LogP contribution in [0.4, 0.5) is 5.69 Å². The minimum atomic E-state index is -0.613. The lowest BCUT2D eigenvalue weighted by Crippen LogP contribution is -2.15. The number of nitrogens with zero attached hydrogens (tertiary/aromatic N) is 1. The zero-order valence-corrected chi connectivity index (χ0v) is 14.0. The van der Waals surface area contributed by atoms with E-state index < -0.39 is 10.9 Å². The Hall–Kier alpha value is -2.78. The highest BCUT2D eigenvalue weighted by Crippen LogP contribution is 2.45. The summed E-state index contributed by atoms with van der Waals surface area (Å²) >= 11 is 0. The van der Waals surface area contributed by atoms with Crippen LogP contribution in [0.25, 0.3) is 5.70 Å². The predicted molar refractivity (Wildman–Crippen MR) is 105 cm³/mol. The van der Waals surface area contributed by atoms with Crippen molar-refractivity contribution in [2.45, 2.75) is 4.90 Å². The normalized spacial score (nSPS) is 19.8. The summed E-state index contributed by atoms with van der Waals surface area (Å²) in [6.45, 7) is 0. The second kappa shape index (κ2) is 6.77. The fraction of sp³-hybridized carbons (Fsp3) is 0. The molecule has 0 aliphatic carbocycles. The highest BCUT2D eigenvalue weighted by molar-refractivity contribution is 8.32. The van der Waals surface area contributed by atoms with Gasteiger partial charge in [-0.15, -0.1) is 10.9 Å². The van der Waals surface area contributed by atoms with Crippen LogP contribution in [0.5, 0.6) is 0 Å². The van der Waals surface area contributed by atoms with Gasteiger partial charge < -0.3 is 5.32 Å². The average molecular weight is 330 g/mol. The maximum absolute atomic E-state index is 4.87. The van der Waals surface area contributed by atoms with Crippen molar-refractivity contribution in [3.63, 3.8) is 0 Å². The van der Waals surface area contributed by atoms with Crippen molar-refractivity contribution in [2.75, 3.05) is 0 Å². The van der Waals surface area contributed by atoms with Crippen molar-refractivity contribution in [1.82, 2.24) is 5.32 Å². The Labute approximate surface area is 144 Å². The number of hydrogen-bond acceptors (Lipinski definition) is 1. The van der Waals surface area contributed by atoms with E-state index in [2.05, 4.69) is 65.3 Å². The Morgan fingerprint density at radius 2 is 1.25 bits per heavy atom. The van der Waals surface area contributed by atoms with Gasteiger partial charge >= 0.3 is 0 Å². The van der Waals surface area contributed by atoms with Crippen LogP contribution in [0.2, 0.25) is 0 Å². The molecule has 2 nitrogen and oxygen atoms in total. The fourth-order valence-corrected chi connectivity index (χ4v) is 4.60. The molecule has 0 radical (unpaired) electrons. The van der Waals surface area contributed by atoms with Gasteiger partial charge in [-0.3, -0.25) is 0 Å². The summed E-state index contributed by atoms with van der Waals surface area (Å²) in [4.78, 5) is 6.18. The Bertz CT molecular complexity index is 871. The molecule has 1 unspecified atom stereocenters. The van der Waals surface area contributed by atoms with Crippen LogP contribution in [0, 0.1) is 0 Å². The molecule has 0 fully saturated rings. The largest absolute Gasteiger partial charge is 0.335 e. The van der Waals surface area contributed by atoms with E-state index >= 15 is 0 Å². The molecule has 0 amide bonds. The van der Waals surface area contributed by atoms with E-state index in [0.717, 1.165) is 16.6 Å². The molecular weight excluding hydrogens is 312 g/mol. The number of hydrogen-bond donors (Lipinski definition) is 2. The maximum Gasteiger partial charge on any atom is 0.153 e. The summed E-state index contributed by atoms with van der Waals surface area (Å²) in [5, 5.41) is 6.89. The third-order valence-corrected chi connectivity index (χ3v) is 5.88. The van der Waals surface area contributed by atoms with Gasteiger partial charge in [-0.1, -0.05) is 66.7 Å². The summed E-state index contributed by atoms with van der Waals surface area (Å²) in [7, 11) is -0.613. The lowest BCUT2D eigenvalue weighted by atomic mass is 10.2. The van der Waals surface area contributed by atoms with Crippen LogP contribution < -0.4 is 5.32 Å². The minimum Gasteiger partial charge on any atom is -0.335 e. The Morgan fingerprint density at radius 3 is 1.92 bits per heavy atom. The first-order valence-electron chi connectivity index (χ1n) is 7.92. The molecule has 3 aromatic rings. The van der Waals surface area contributed by atoms with Crippen LogP contribution in [0.15, 0.2) is 106 Å². The predicted octanol–water partition coefficient (Wildman–Crippen LogP) is 5.34. The van der Waals surface area contributed by atoms with E-state index in [-0.39, 0.29) is 0 Å². The van der Waals surface area contributed by atoms with E-state index in [9.17, 15) is 0 Å². The first-order chi connectivity index (χ1) is 11.9. The molecule has 0 saturated heterocycles. The number of aliphatic imine (C=N–C) groups is 1. The molecule has 1 heterocycles. The molecule has 0 aromatic heterocycles. The second-order valence-electron chi connectivity index (χ2n) is 5.51. The molecule has 3 heteroatoms. The summed E-state index contributed by atoms with van der Waals surface area (Å²) in [5.41, 5.74) is 3.31. The van der Waals surface area contributed by atoms with Gasteiger partial charge in [0.15, 0.2) is 5.17 Å². The van der Waals surface area contributed by atoms with E-state index in [1.165, 1.54) is 10.5 Å². The Kier molecular flexibility index (Phi) is 4.17. The molecule has 1 aliphatic heterocycles. The minimum absolute atomic E-state index is 0.613. The summed E-state index contributed by atoms with van der Waals surface area (Å²) < 4.78 is 0. The van der Waals surface area contributed by atoms with Gasteiger partial charge in [-0.25, -0.2) is 4.99 Å². The fourth-order valence-electron chi connectivity index (χ4n) is 2.66. The molecule has 1 aliphatic rings. The van der Waals surface area contributed by atoms with E-state index in [1.807, 2.05) is 36.4 Å². The molecule has 0 spiro atoms. The monoisotopic (exact) mass is 330 g/mol. The van der Waals surface area contributed by atoms with E-state index in [0.29, 0.717) is 0 Å². The second-order valence-corrected chi connectivity index (χ2v) is 7.45. The maximum atomic E-state index is 4.87. The van der Waals surface area contributed by atoms with Gasteiger partial charge in [0.05, 0.1) is 11.4 Å². The molecule has 0 bridgehead atoms. The lowest BCUT2D eigenvalue weighted by molar-refractivity contribution is 1.31. The molecular formula is C21H18N2S. The molecule has 24 heavy (non-hydrogen) atoms. The SMILES string of the molecule is C1=C(c2ccccc2)NC(=Nc2ccccc2)[SH]1c1ccccc1. The van der Waals surface area contributed by atoms with Crippen molar-refractivity contribution in [2.24, 2.45) is 4.99 Å². The summed E-state index contributed by atoms with van der Waals surface area (Å²) in [6.07, 6.45) is 0. The summed E-state index contributed by atoms with van der Waals surface area (Å²) in [6, 6.07) is 31.1. The standard InChI is InChI=1S/C21H18N2S/c1-4-10-17(11-5-1)20-16-24(19-14-8-3-9-15-19)21(23-20)22-18-12-6-2-7-13-18/h1-16,24H,(H,22,23). The van der Waals surface area contributed by atoms with Crippen LogP contribution in [-0.4, -0.2) is 5.17 Å². The number of para-hydroxylation sites is 1. The molecule has 3 aromatic carbocycles. The average Bonchev–Trinajstić information content (AvgIpc) is 3.08. The van der Waals surface area contributed by atoms with Gasteiger partial charge in [0.1, 0.15) is 0 Å². The number of rotatable bonds is 3. The number of thiol groups is 1. The van der Waals surface area contributed by atoms with Crippen molar-refractivity contribution >= 4 is 27.4 Å². The van der Waals surface area contributed by atoms with Gasteiger partial charge in [0.25, 0.3) is 0 Å². The van der Waals surface area contributed by atoms with Crippen molar-refractivity contribution in [1.29, 1.82) is 0 Å². The summed E-state index contributed by atoms with van der Waals surface area (Å²) in [5.74, 6) is 0.